The van der Waals surface area contributed by atoms with Crippen LogP contribution in [0.15, 0.2) is 40.9 Å². The van der Waals surface area contributed by atoms with Gasteiger partial charge in [0.1, 0.15) is 0 Å². The fourth-order valence-corrected chi connectivity index (χ4v) is 1.79. The molecule has 1 heterocycles. The van der Waals surface area contributed by atoms with Gasteiger partial charge in [-0.3, -0.25) is 4.79 Å². The topological polar surface area (TPSA) is 88.0 Å². The van der Waals surface area contributed by atoms with Crippen molar-refractivity contribution in [3.05, 3.63) is 56.7 Å². The van der Waals surface area contributed by atoms with E-state index in [2.05, 4.69) is 26.2 Å². The molecular formula is C11H8BrN3O3. The van der Waals surface area contributed by atoms with Gasteiger partial charge >= 0.3 is 5.82 Å². The van der Waals surface area contributed by atoms with Crippen molar-refractivity contribution in [2.75, 3.05) is 5.32 Å². The van der Waals surface area contributed by atoms with Crippen molar-refractivity contribution < 1.29 is 9.72 Å². The number of aromatic amines is 1. The standard InChI is InChI=1S/C11H8BrN3O3/c12-7-2-1-3-8(6-7)13-11(16)9-4-5-10(14-9)15(17)18/h1-6,14H,(H,13,16). The van der Waals surface area contributed by atoms with Crippen LogP contribution in [0, 0.1) is 10.1 Å². The predicted molar refractivity (Wildman–Crippen MR) is 69.5 cm³/mol. The van der Waals surface area contributed by atoms with Gasteiger partial charge in [0, 0.05) is 16.2 Å². The molecule has 18 heavy (non-hydrogen) atoms. The van der Waals surface area contributed by atoms with Gasteiger partial charge < -0.3 is 15.4 Å². The number of nitrogens with zero attached hydrogens (tertiary/aromatic N) is 1. The first-order valence-electron chi connectivity index (χ1n) is 4.96. The molecule has 0 unspecified atom stereocenters. The zero-order valence-electron chi connectivity index (χ0n) is 9.01. The van der Waals surface area contributed by atoms with E-state index >= 15 is 0 Å². The minimum atomic E-state index is -0.587. The fourth-order valence-electron chi connectivity index (χ4n) is 1.39. The highest BCUT2D eigenvalue weighted by molar-refractivity contribution is 9.10. The summed E-state index contributed by atoms with van der Waals surface area (Å²) >= 11 is 3.28. The monoisotopic (exact) mass is 309 g/mol. The number of anilines is 1. The molecule has 0 fully saturated rings. The molecule has 2 aromatic rings. The Morgan fingerprint density at radius 2 is 2.11 bits per heavy atom. The second-order valence-electron chi connectivity index (χ2n) is 3.48. The highest BCUT2D eigenvalue weighted by Gasteiger charge is 2.15. The number of carbonyl (C=O) groups excluding carboxylic acids is 1. The summed E-state index contributed by atoms with van der Waals surface area (Å²) in [5.74, 6) is -0.643. The predicted octanol–water partition coefficient (Wildman–Crippen LogP) is 2.94. The second-order valence-corrected chi connectivity index (χ2v) is 4.39. The Balaban J connectivity index is 2.14. The summed E-state index contributed by atoms with van der Waals surface area (Å²) in [5, 5.41) is 13.1. The van der Waals surface area contributed by atoms with E-state index in [1.165, 1.54) is 12.1 Å². The van der Waals surface area contributed by atoms with Gasteiger partial charge in [0.05, 0.1) is 0 Å². The van der Waals surface area contributed by atoms with E-state index < -0.39 is 10.8 Å². The maximum absolute atomic E-state index is 11.8. The van der Waals surface area contributed by atoms with E-state index in [1.54, 1.807) is 18.2 Å². The molecule has 92 valence electrons. The van der Waals surface area contributed by atoms with Gasteiger partial charge in [0.15, 0.2) is 5.69 Å². The minimum Gasteiger partial charge on any atom is -0.358 e. The maximum Gasteiger partial charge on any atom is 0.321 e. The molecule has 0 aliphatic carbocycles. The first kappa shape index (κ1) is 12.3. The van der Waals surface area contributed by atoms with E-state index in [0.29, 0.717) is 5.69 Å². The maximum atomic E-state index is 11.8. The Hall–Kier alpha value is -2.15. The molecule has 0 saturated heterocycles. The lowest BCUT2D eigenvalue weighted by Crippen LogP contribution is -2.12. The van der Waals surface area contributed by atoms with Crippen LogP contribution in [0.3, 0.4) is 0 Å². The molecule has 0 bridgehead atoms. The van der Waals surface area contributed by atoms with Crippen molar-refractivity contribution in [3.8, 4) is 0 Å². The average molecular weight is 310 g/mol. The van der Waals surface area contributed by atoms with Crippen molar-refractivity contribution >= 4 is 33.3 Å². The van der Waals surface area contributed by atoms with Crippen LogP contribution in [0.2, 0.25) is 0 Å². The summed E-state index contributed by atoms with van der Waals surface area (Å²) in [6.45, 7) is 0. The number of H-pyrrole nitrogens is 1. The van der Waals surface area contributed by atoms with Crippen LogP contribution in [0.25, 0.3) is 0 Å². The van der Waals surface area contributed by atoms with E-state index in [9.17, 15) is 14.9 Å². The number of aromatic nitrogens is 1. The van der Waals surface area contributed by atoms with Crippen LogP contribution < -0.4 is 5.32 Å². The number of rotatable bonds is 3. The second kappa shape index (κ2) is 5.01. The summed E-state index contributed by atoms with van der Waals surface area (Å²) in [7, 11) is 0. The Kier molecular flexibility index (Phi) is 3.42. The fraction of sp³-hybridized carbons (Fsp3) is 0. The van der Waals surface area contributed by atoms with Crippen LogP contribution in [-0.4, -0.2) is 15.8 Å². The molecule has 2 rings (SSSR count). The van der Waals surface area contributed by atoms with Gasteiger partial charge in [0.25, 0.3) is 5.91 Å². The van der Waals surface area contributed by atoms with Crippen LogP contribution in [0.4, 0.5) is 11.5 Å². The SMILES string of the molecule is O=C(Nc1cccc(Br)c1)c1ccc([N+](=O)[O-])[nH]1. The number of nitro groups is 1. The van der Waals surface area contributed by atoms with E-state index in [-0.39, 0.29) is 11.5 Å². The van der Waals surface area contributed by atoms with E-state index in [1.807, 2.05) is 6.07 Å². The van der Waals surface area contributed by atoms with Gasteiger partial charge in [0.2, 0.25) is 0 Å². The number of carbonyl (C=O) groups is 1. The molecule has 1 aromatic heterocycles. The van der Waals surface area contributed by atoms with Crippen molar-refractivity contribution in [2.45, 2.75) is 0 Å². The Labute approximate surface area is 110 Å². The van der Waals surface area contributed by atoms with Crippen molar-refractivity contribution in [1.29, 1.82) is 0 Å². The first-order valence-corrected chi connectivity index (χ1v) is 5.76. The molecule has 0 aliphatic heterocycles. The average Bonchev–Trinajstić information content (AvgIpc) is 2.78. The Bertz CT molecular complexity index is 609. The Morgan fingerprint density at radius 1 is 1.33 bits per heavy atom. The highest BCUT2D eigenvalue weighted by atomic mass is 79.9. The lowest BCUT2D eigenvalue weighted by molar-refractivity contribution is -0.389. The quantitative estimate of drug-likeness (QED) is 0.675. The molecule has 0 spiro atoms. The normalized spacial score (nSPS) is 10.1. The van der Waals surface area contributed by atoms with Gasteiger partial charge in [-0.05, 0) is 29.2 Å². The molecular weight excluding hydrogens is 302 g/mol. The summed E-state index contributed by atoms with van der Waals surface area (Å²) in [5.41, 5.74) is 0.744. The molecule has 0 atom stereocenters. The number of hydrogen-bond donors (Lipinski definition) is 2. The molecule has 1 aromatic carbocycles. The number of nitrogens with one attached hydrogen (secondary N) is 2. The van der Waals surface area contributed by atoms with Gasteiger partial charge in [-0.25, -0.2) is 4.98 Å². The van der Waals surface area contributed by atoms with Crippen molar-refractivity contribution in [3.63, 3.8) is 0 Å². The number of halogens is 1. The van der Waals surface area contributed by atoms with Crippen molar-refractivity contribution in [1.82, 2.24) is 4.98 Å². The van der Waals surface area contributed by atoms with Crippen LogP contribution in [-0.2, 0) is 0 Å². The molecule has 0 radical (unpaired) electrons. The number of hydrogen-bond acceptors (Lipinski definition) is 3. The van der Waals surface area contributed by atoms with E-state index in [0.717, 1.165) is 4.47 Å². The lowest BCUT2D eigenvalue weighted by atomic mass is 10.3. The highest BCUT2D eigenvalue weighted by Crippen LogP contribution is 2.17. The zero-order chi connectivity index (χ0) is 13.1. The van der Waals surface area contributed by atoms with Gasteiger partial charge in [-0.1, -0.05) is 22.0 Å². The Morgan fingerprint density at radius 3 is 2.72 bits per heavy atom. The molecule has 6 nitrogen and oxygen atoms in total. The lowest BCUT2D eigenvalue weighted by Gasteiger charge is -2.02. The third-order valence-electron chi connectivity index (χ3n) is 2.19. The summed E-state index contributed by atoms with van der Waals surface area (Å²) in [6, 6.07) is 9.67. The molecule has 0 saturated carbocycles. The molecule has 2 N–H and O–H groups in total. The third kappa shape index (κ3) is 2.75. The van der Waals surface area contributed by atoms with Crippen LogP contribution >= 0.6 is 15.9 Å². The molecule has 7 heteroatoms. The summed E-state index contributed by atoms with van der Waals surface area (Å²) < 4.78 is 0.831. The number of amides is 1. The largest absolute Gasteiger partial charge is 0.358 e. The van der Waals surface area contributed by atoms with Gasteiger partial charge in [-0.15, -0.1) is 0 Å². The third-order valence-corrected chi connectivity index (χ3v) is 2.69. The minimum absolute atomic E-state index is 0.140. The zero-order valence-corrected chi connectivity index (χ0v) is 10.6. The summed E-state index contributed by atoms with van der Waals surface area (Å²) in [4.78, 5) is 24.1. The number of benzene rings is 1. The molecule has 0 aliphatic rings. The smallest absolute Gasteiger partial charge is 0.321 e. The summed E-state index contributed by atoms with van der Waals surface area (Å²) in [6.07, 6.45) is 0. The van der Waals surface area contributed by atoms with Gasteiger partial charge in [-0.2, -0.15) is 0 Å². The first-order chi connectivity index (χ1) is 8.56. The van der Waals surface area contributed by atoms with Crippen LogP contribution in [0.1, 0.15) is 10.5 Å². The molecule has 1 amide bonds. The van der Waals surface area contributed by atoms with E-state index in [4.69, 9.17) is 0 Å². The van der Waals surface area contributed by atoms with Crippen molar-refractivity contribution in [2.24, 2.45) is 0 Å². The van der Waals surface area contributed by atoms with Crippen LogP contribution in [0.5, 0.6) is 0 Å².